The molecular formula is C7H13NO3. The lowest BCUT2D eigenvalue weighted by atomic mass is 10.3. The fraction of sp³-hybridized carbons (Fsp3) is 0.714. The van der Waals surface area contributed by atoms with Crippen molar-refractivity contribution in [1.29, 1.82) is 0 Å². The van der Waals surface area contributed by atoms with Gasteiger partial charge in [0, 0.05) is 13.3 Å². The van der Waals surface area contributed by atoms with Crippen molar-refractivity contribution in [2.24, 2.45) is 0 Å². The van der Waals surface area contributed by atoms with Crippen LogP contribution in [0.5, 0.6) is 0 Å². The third-order valence-electron chi connectivity index (χ3n) is 1.24. The smallest absolute Gasteiger partial charge is 0.242 e. The number of carbonyl (C=O) groups is 2. The Kier molecular flexibility index (Phi) is 4.45. The number of hydroxylamine groups is 2. The van der Waals surface area contributed by atoms with Crippen molar-refractivity contribution < 1.29 is 14.4 Å². The summed E-state index contributed by atoms with van der Waals surface area (Å²) in [6, 6.07) is 0. The van der Waals surface area contributed by atoms with Gasteiger partial charge in [0.25, 0.3) is 0 Å². The Hall–Kier alpha value is -0.900. The first-order valence-corrected chi connectivity index (χ1v) is 3.39. The van der Waals surface area contributed by atoms with Crippen LogP contribution in [0.3, 0.4) is 0 Å². The zero-order valence-electron chi connectivity index (χ0n) is 7.09. The maximum absolute atomic E-state index is 10.7. The molecule has 0 aliphatic heterocycles. The lowest BCUT2D eigenvalue weighted by Gasteiger charge is -2.16. The molecule has 0 aromatic rings. The van der Waals surface area contributed by atoms with Crippen molar-refractivity contribution in [3.63, 3.8) is 0 Å². The van der Waals surface area contributed by atoms with Gasteiger partial charge in [-0.1, -0.05) is 0 Å². The lowest BCUT2D eigenvalue weighted by molar-refractivity contribution is -0.173. The third kappa shape index (κ3) is 4.50. The molecule has 0 heterocycles. The van der Waals surface area contributed by atoms with E-state index in [1.165, 1.54) is 21.0 Å². The summed E-state index contributed by atoms with van der Waals surface area (Å²) < 4.78 is 0. The van der Waals surface area contributed by atoms with Crippen molar-refractivity contribution >= 4 is 11.7 Å². The summed E-state index contributed by atoms with van der Waals surface area (Å²) in [5.41, 5.74) is 0. The normalized spacial score (nSPS) is 9.36. The van der Waals surface area contributed by atoms with E-state index in [0.717, 1.165) is 5.06 Å². The highest BCUT2D eigenvalue weighted by molar-refractivity contribution is 5.77. The average molecular weight is 159 g/mol. The summed E-state index contributed by atoms with van der Waals surface area (Å²) in [6.45, 7) is 3.21. The molecule has 0 saturated carbocycles. The quantitative estimate of drug-likeness (QED) is 0.557. The molecular weight excluding hydrogens is 146 g/mol. The molecule has 0 spiro atoms. The molecule has 0 aromatic heterocycles. The number of hydrogen-bond donors (Lipinski definition) is 0. The highest BCUT2D eigenvalue weighted by atomic mass is 16.7. The van der Waals surface area contributed by atoms with E-state index in [-0.39, 0.29) is 11.7 Å². The van der Waals surface area contributed by atoms with E-state index >= 15 is 0 Å². The van der Waals surface area contributed by atoms with Crippen LogP contribution in [0.1, 0.15) is 20.3 Å². The molecule has 0 rings (SSSR count). The molecule has 4 nitrogen and oxygen atoms in total. The number of ketones is 1. The first-order chi connectivity index (χ1) is 5.07. The number of amides is 1. The maximum atomic E-state index is 10.7. The van der Waals surface area contributed by atoms with E-state index in [0.29, 0.717) is 13.0 Å². The van der Waals surface area contributed by atoms with Crippen LogP contribution in [-0.4, -0.2) is 30.4 Å². The van der Waals surface area contributed by atoms with Gasteiger partial charge in [0.1, 0.15) is 5.78 Å². The number of rotatable bonds is 4. The van der Waals surface area contributed by atoms with Gasteiger partial charge in [-0.25, -0.2) is 5.06 Å². The van der Waals surface area contributed by atoms with Gasteiger partial charge in [-0.05, 0) is 6.92 Å². The molecule has 64 valence electrons. The summed E-state index contributed by atoms with van der Waals surface area (Å²) in [5.74, 6) is -0.137. The molecule has 0 radical (unpaired) electrons. The molecule has 0 saturated heterocycles. The second kappa shape index (κ2) is 4.85. The SMILES string of the molecule is CON(CCC(C)=O)C(C)=O. The van der Waals surface area contributed by atoms with Crippen molar-refractivity contribution in [2.75, 3.05) is 13.7 Å². The molecule has 0 bridgehead atoms. The Morgan fingerprint density at radius 2 is 1.91 bits per heavy atom. The Bertz CT molecular complexity index is 156. The minimum Gasteiger partial charge on any atom is -0.300 e. The summed E-state index contributed by atoms with van der Waals surface area (Å²) in [4.78, 5) is 25.9. The Labute approximate surface area is 66.1 Å². The van der Waals surface area contributed by atoms with Crippen LogP contribution >= 0.6 is 0 Å². The summed E-state index contributed by atoms with van der Waals surface area (Å²) in [5, 5.41) is 1.15. The molecule has 0 aromatic carbocycles. The van der Waals surface area contributed by atoms with E-state index < -0.39 is 0 Å². The topological polar surface area (TPSA) is 46.6 Å². The summed E-state index contributed by atoms with van der Waals surface area (Å²) >= 11 is 0. The van der Waals surface area contributed by atoms with Gasteiger partial charge >= 0.3 is 0 Å². The molecule has 0 unspecified atom stereocenters. The van der Waals surface area contributed by atoms with Crippen LogP contribution in [-0.2, 0) is 14.4 Å². The van der Waals surface area contributed by atoms with Crippen molar-refractivity contribution in [3.05, 3.63) is 0 Å². The van der Waals surface area contributed by atoms with Crippen LogP contribution in [0.2, 0.25) is 0 Å². The summed E-state index contributed by atoms with van der Waals surface area (Å²) in [7, 11) is 1.40. The highest BCUT2D eigenvalue weighted by Gasteiger charge is 2.07. The first-order valence-electron chi connectivity index (χ1n) is 3.39. The van der Waals surface area contributed by atoms with Crippen LogP contribution < -0.4 is 0 Å². The highest BCUT2D eigenvalue weighted by Crippen LogP contribution is 1.92. The predicted molar refractivity (Wildman–Crippen MR) is 39.7 cm³/mol. The predicted octanol–water partition coefficient (Wildman–Crippen LogP) is 0.375. The van der Waals surface area contributed by atoms with Crippen LogP contribution in [0.15, 0.2) is 0 Å². The van der Waals surface area contributed by atoms with Crippen LogP contribution in [0.25, 0.3) is 0 Å². The second-order valence-corrected chi connectivity index (χ2v) is 2.26. The third-order valence-corrected chi connectivity index (χ3v) is 1.24. The molecule has 0 aliphatic rings. The van der Waals surface area contributed by atoms with Crippen molar-refractivity contribution in [3.8, 4) is 0 Å². The zero-order valence-corrected chi connectivity index (χ0v) is 7.09. The minimum atomic E-state index is -0.186. The maximum Gasteiger partial charge on any atom is 0.242 e. The number of Topliss-reactive ketones (excluding diaryl/α,β-unsaturated/α-hetero) is 1. The van der Waals surface area contributed by atoms with Gasteiger partial charge in [0.2, 0.25) is 5.91 Å². The van der Waals surface area contributed by atoms with E-state index in [1.54, 1.807) is 0 Å². The van der Waals surface area contributed by atoms with Gasteiger partial charge in [-0.15, -0.1) is 0 Å². The second-order valence-electron chi connectivity index (χ2n) is 2.26. The van der Waals surface area contributed by atoms with Gasteiger partial charge in [-0.3, -0.25) is 14.4 Å². The minimum absolute atomic E-state index is 0.0494. The molecule has 0 atom stereocenters. The molecule has 0 N–H and O–H groups in total. The first kappa shape index (κ1) is 10.1. The van der Waals surface area contributed by atoms with E-state index in [9.17, 15) is 9.59 Å². The lowest BCUT2D eigenvalue weighted by Crippen LogP contribution is -2.29. The molecule has 0 aliphatic carbocycles. The van der Waals surface area contributed by atoms with Crippen LogP contribution in [0.4, 0.5) is 0 Å². The average Bonchev–Trinajstić information content (AvgIpc) is 1.87. The van der Waals surface area contributed by atoms with Crippen LogP contribution in [0, 0.1) is 0 Å². The number of hydrogen-bond acceptors (Lipinski definition) is 3. The van der Waals surface area contributed by atoms with Crippen molar-refractivity contribution in [1.82, 2.24) is 5.06 Å². The van der Waals surface area contributed by atoms with Crippen molar-refractivity contribution in [2.45, 2.75) is 20.3 Å². The van der Waals surface area contributed by atoms with E-state index in [2.05, 4.69) is 0 Å². The van der Waals surface area contributed by atoms with Gasteiger partial charge in [0.05, 0.1) is 13.7 Å². The molecule has 1 amide bonds. The number of nitrogens with zero attached hydrogens (tertiary/aromatic N) is 1. The monoisotopic (exact) mass is 159 g/mol. The number of carbonyl (C=O) groups excluding carboxylic acids is 2. The Morgan fingerprint density at radius 3 is 2.18 bits per heavy atom. The molecule has 4 heteroatoms. The fourth-order valence-electron chi connectivity index (χ4n) is 0.636. The van der Waals surface area contributed by atoms with E-state index in [4.69, 9.17) is 4.84 Å². The van der Waals surface area contributed by atoms with Gasteiger partial charge in [-0.2, -0.15) is 0 Å². The largest absolute Gasteiger partial charge is 0.300 e. The summed E-state index contributed by atoms with van der Waals surface area (Å²) in [6.07, 6.45) is 0.341. The Morgan fingerprint density at radius 1 is 1.36 bits per heavy atom. The zero-order chi connectivity index (χ0) is 8.85. The fourth-order valence-corrected chi connectivity index (χ4v) is 0.636. The van der Waals surface area contributed by atoms with Gasteiger partial charge < -0.3 is 0 Å². The van der Waals surface area contributed by atoms with E-state index in [1.807, 2.05) is 0 Å². The Balaban J connectivity index is 3.70. The standard InChI is InChI=1S/C7H13NO3/c1-6(9)4-5-8(11-3)7(2)10/h4-5H2,1-3H3. The molecule has 11 heavy (non-hydrogen) atoms. The molecule has 0 fully saturated rings. The van der Waals surface area contributed by atoms with Gasteiger partial charge in [0.15, 0.2) is 0 Å².